The lowest BCUT2D eigenvalue weighted by molar-refractivity contribution is -0.205. The van der Waals surface area contributed by atoms with Gasteiger partial charge in [-0.1, -0.05) is 0 Å². The minimum Gasteiger partial charge on any atom is -0.498 e. The maximum Gasteiger partial charge on any atom is 0.253 e. The zero-order valence-electron chi connectivity index (χ0n) is 23.0. The predicted octanol–water partition coefficient (Wildman–Crippen LogP) is -5.80. The number of amides is 1. The summed E-state index contributed by atoms with van der Waals surface area (Å²) < 4.78 is 22.5. The van der Waals surface area contributed by atoms with Crippen LogP contribution in [0.4, 0.5) is 0 Å². The van der Waals surface area contributed by atoms with Gasteiger partial charge in [0.1, 0.15) is 43.2 Å². The number of aliphatic hydroxyl groups is 5. The van der Waals surface area contributed by atoms with Gasteiger partial charge in [0, 0.05) is 12.6 Å². The number of nitrogens with one attached hydrogen (secondary N) is 2. The normalized spacial score (nSPS) is 37.4. The van der Waals surface area contributed by atoms with Gasteiger partial charge in [-0.2, -0.15) is 0 Å². The summed E-state index contributed by atoms with van der Waals surface area (Å²) in [4.78, 5) is 26.0. The monoisotopic (exact) mass is 602 g/mol. The number of allylic oxidation sites excluding steroid dienone is 1. The molecule has 11 atom stereocenters. The number of rotatable bonds is 12. The van der Waals surface area contributed by atoms with E-state index in [1.54, 1.807) is 0 Å². The maximum atomic E-state index is 13.5. The Hall–Kier alpha value is -2.39. The van der Waals surface area contributed by atoms with E-state index in [2.05, 4.69) is 5.32 Å². The van der Waals surface area contributed by atoms with E-state index in [9.17, 15) is 35.1 Å². The molecule has 2 heterocycles. The molecular weight excluding hydrogens is 560 g/mol. The van der Waals surface area contributed by atoms with Crippen LogP contribution < -0.4 is 28.3 Å². The van der Waals surface area contributed by atoms with Crippen molar-refractivity contribution < 1.29 is 54.1 Å². The Bertz CT molecular complexity index is 1030. The van der Waals surface area contributed by atoms with Crippen LogP contribution in [0.25, 0.3) is 0 Å². The van der Waals surface area contributed by atoms with Gasteiger partial charge in [-0.3, -0.25) is 15.0 Å². The van der Waals surface area contributed by atoms with Gasteiger partial charge in [-0.05, 0) is 25.5 Å². The molecule has 17 heteroatoms. The van der Waals surface area contributed by atoms with Gasteiger partial charge >= 0.3 is 0 Å². The Balaban J connectivity index is 1.78. The standard InChI is InChI=1S/C25H42N6O11/c26-2-1-14(33)25(38)31-13-3-11(28)10(7-39-8-18-12(29)4-15(34)16(5-27)41-18)21(35)24(13)40-9-19-23(37)20(30)22(36)17(6-32)42-19/h3,7,12,14-20,22-24,28,32-34,36-37H,1-2,4-6,8-9,26-27,29-30H2,(H,31,38)/b10-7+,28-11?/t12?,14?,15-,16?,17?,18+,19+,20?,22+,23?,24?/m0/s1. The molecule has 0 aromatic carbocycles. The highest BCUT2D eigenvalue weighted by Gasteiger charge is 2.44. The third-order valence-corrected chi connectivity index (χ3v) is 7.36. The number of aliphatic hydroxyl groups excluding tert-OH is 5. The largest absolute Gasteiger partial charge is 0.498 e. The number of ether oxygens (including phenoxy) is 4. The van der Waals surface area contributed by atoms with E-state index in [1.807, 2.05) is 0 Å². The molecule has 0 aromatic heterocycles. The van der Waals surface area contributed by atoms with Crippen molar-refractivity contribution in [3.63, 3.8) is 0 Å². The smallest absolute Gasteiger partial charge is 0.253 e. The van der Waals surface area contributed by atoms with E-state index < -0.39 is 91.9 Å². The number of hydrogen-bond donors (Lipinski definition) is 11. The summed E-state index contributed by atoms with van der Waals surface area (Å²) in [6, 6.07) is -1.76. The molecular formula is C25H42N6O11. The second kappa shape index (κ2) is 15.4. The van der Waals surface area contributed by atoms with Gasteiger partial charge in [0.25, 0.3) is 5.91 Å². The van der Waals surface area contributed by atoms with Crippen LogP contribution in [-0.4, -0.2) is 143 Å². The second-order valence-electron chi connectivity index (χ2n) is 10.4. The molecule has 15 N–H and O–H groups in total. The van der Waals surface area contributed by atoms with Gasteiger partial charge in [-0.15, -0.1) is 0 Å². The first-order valence-electron chi connectivity index (χ1n) is 13.6. The average Bonchev–Trinajstić information content (AvgIpc) is 2.95. The Kier molecular flexibility index (Phi) is 12.5. The number of ketones is 1. The molecule has 7 unspecified atom stereocenters. The van der Waals surface area contributed by atoms with E-state index in [-0.39, 0.29) is 49.5 Å². The molecule has 1 aliphatic carbocycles. The summed E-state index contributed by atoms with van der Waals surface area (Å²) in [7, 11) is 0. The second-order valence-corrected chi connectivity index (χ2v) is 10.4. The molecule has 238 valence electrons. The van der Waals surface area contributed by atoms with Crippen molar-refractivity contribution in [3.8, 4) is 0 Å². The molecule has 3 rings (SSSR count). The minimum atomic E-state index is -1.54. The minimum absolute atomic E-state index is 0.0148. The molecule has 0 aromatic rings. The lowest BCUT2D eigenvalue weighted by atomic mass is 9.92. The van der Waals surface area contributed by atoms with Crippen molar-refractivity contribution in [1.29, 1.82) is 5.41 Å². The summed E-state index contributed by atoms with van der Waals surface area (Å²) in [6.45, 7) is -1.11. The van der Waals surface area contributed by atoms with Crippen LogP contribution in [0.3, 0.4) is 0 Å². The van der Waals surface area contributed by atoms with Crippen LogP contribution in [-0.2, 0) is 28.5 Å². The highest BCUT2D eigenvalue weighted by Crippen LogP contribution is 2.25. The Morgan fingerprint density at radius 1 is 1.12 bits per heavy atom. The molecule has 2 saturated heterocycles. The molecule has 1 amide bonds. The Morgan fingerprint density at radius 3 is 2.43 bits per heavy atom. The zero-order valence-corrected chi connectivity index (χ0v) is 23.0. The van der Waals surface area contributed by atoms with E-state index in [0.717, 1.165) is 12.3 Å². The summed E-state index contributed by atoms with van der Waals surface area (Å²) >= 11 is 0. The fourth-order valence-corrected chi connectivity index (χ4v) is 4.79. The summed E-state index contributed by atoms with van der Waals surface area (Å²) in [5, 5.41) is 60.8. The zero-order chi connectivity index (χ0) is 31.1. The first-order chi connectivity index (χ1) is 19.9. The molecule has 0 spiro atoms. The Morgan fingerprint density at radius 2 is 1.79 bits per heavy atom. The topological polar surface area (TPSA) is 312 Å². The van der Waals surface area contributed by atoms with Crippen molar-refractivity contribution in [2.45, 2.75) is 79.9 Å². The Labute approximate surface area is 241 Å². The fraction of sp³-hybridized carbons (Fsp3) is 0.720. The fourth-order valence-electron chi connectivity index (χ4n) is 4.79. The number of carbonyl (C=O) groups excluding carboxylic acids is 2. The van der Waals surface area contributed by atoms with Crippen molar-refractivity contribution in [2.75, 3.05) is 32.9 Å². The quantitative estimate of drug-likeness (QED) is 0.0732. The molecule has 0 bridgehead atoms. The lowest BCUT2D eigenvalue weighted by Crippen LogP contribution is -2.63. The van der Waals surface area contributed by atoms with Crippen LogP contribution in [0.15, 0.2) is 23.6 Å². The van der Waals surface area contributed by atoms with Crippen LogP contribution in [0.1, 0.15) is 12.8 Å². The number of nitrogens with two attached hydrogens (primary N) is 4. The van der Waals surface area contributed by atoms with Crippen LogP contribution in [0, 0.1) is 5.41 Å². The van der Waals surface area contributed by atoms with E-state index >= 15 is 0 Å². The molecule has 2 fully saturated rings. The van der Waals surface area contributed by atoms with Gasteiger partial charge in [0.05, 0.1) is 54.7 Å². The van der Waals surface area contributed by atoms with Gasteiger partial charge in [0.2, 0.25) is 5.78 Å². The first-order valence-corrected chi connectivity index (χ1v) is 13.6. The lowest BCUT2D eigenvalue weighted by Gasteiger charge is -2.41. The summed E-state index contributed by atoms with van der Waals surface area (Å²) in [6.07, 6.45) is -7.90. The maximum absolute atomic E-state index is 13.5. The molecule has 42 heavy (non-hydrogen) atoms. The van der Waals surface area contributed by atoms with Gasteiger partial charge < -0.3 is 72.7 Å². The number of carbonyl (C=O) groups is 2. The number of Topliss-reactive ketones (excluding diaryl/α,β-unsaturated/α-hetero) is 1. The van der Waals surface area contributed by atoms with E-state index in [1.165, 1.54) is 0 Å². The molecule has 3 aliphatic rings. The summed E-state index contributed by atoms with van der Waals surface area (Å²) in [5.74, 6) is -1.69. The van der Waals surface area contributed by atoms with Crippen molar-refractivity contribution in [2.24, 2.45) is 22.9 Å². The predicted molar refractivity (Wildman–Crippen MR) is 144 cm³/mol. The van der Waals surface area contributed by atoms with E-state index in [0.29, 0.717) is 0 Å². The molecule has 0 saturated carbocycles. The van der Waals surface area contributed by atoms with Crippen LogP contribution in [0.2, 0.25) is 0 Å². The third kappa shape index (κ3) is 7.95. The van der Waals surface area contributed by atoms with E-state index in [4.69, 9.17) is 47.3 Å². The van der Waals surface area contributed by atoms with Crippen LogP contribution >= 0.6 is 0 Å². The highest BCUT2D eigenvalue weighted by molar-refractivity contribution is 6.29. The average molecular weight is 603 g/mol. The summed E-state index contributed by atoms with van der Waals surface area (Å²) in [5.41, 5.74) is 22.2. The SMILES string of the molecule is N=C1C=C(NC(=O)C(O)CCN)C(OC[C@H]2OC(CO)[C@@H](O)C(N)C2O)C(=O)/C1=C/OC[C@H]1OC(CN)[C@@H](O)CC1N. The van der Waals surface area contributed by atoms with Crippen LogP contribution in [0.5, 0.6) is 0 Å². The van der Waals surface area contributed by atoms with Crippen molar-refractivity contribution >= 4 is 17.4 Å². The van der Waals surface area contributed by atoms with Crippen molar-refractivity contribution in [3.05, 3.63) is 23.6 Å². The van der Waals surface area contributed by atoms with Crippen molar-refractivity contribution in [1.82, 2.24) is 5.32 Å². The van der Waals surface area contributed by atoms with Gasteiger partial charge in [-0.25, -0.2) is 0 Å². The van der Waals surface area contributed by atoms with Gasteiger partial charge in [0.15, 0.2) is 6.10 Å². The molecule has 17 nitrogen and oxygen atoms in total. The first kappa shape index (κ1) is 34.1. The molecule has 0 radical (unpaired) electrons. The highest BCUT2D eigenvalue weighted by atomic mass is 16.6. The number of hydrogen-bond acceptors (Lipinski definition) is 16. The third-order valence-electron chi connectivity index (χ3n) is 7.36. The molecule has 2 aliphatic heterocycles.